The van der Waals surface area contributed by atoms with Gasteiger partial charge in [-0.25, -0.2) is 4.68 Å². The first kappa shape index (κ1) is 19.7. The maximum Gasteiger partial charge on any atom is 0.451 e. The van der Waals surface area contributed by atoms with Crippen molar-refractivity contribution in [1.82, 2.24) is 19.2 Å². The summed E-state index contributed by atoms with van der Waals surface area (Å²) in [6.07, 6.45) is -2.75. The third kappa shape index (κ3) is 3.81. The van der Waals surface area contributed by atoms with Gasteiger partial charge in [-0.3, -0.25) is 9.47 Å². The van der Waals surface area contributed by atoms with Crippen LogP contribution in [0.3, 0.4) is 0 Å². The van der Waals surface area contributed by atoms with Gasteiger partial charge < -0.3 is 9.47 Å². The Morgan fingerprint density at radius 2 is 2.00 bits per heavy atom. The first-order chi connectivity index (χ1) is 12.8. The van der Waals surface area contributed by atoms with Gasteiger partial charge in [0, 0.05) is 31.3 Å². The molecular formula is C17H21F3N4O2S. The smallest absolute Gasteiger partial charge is 0.451 e. The van der Waals surface area contributed by atoms with E-state index in [4.69, 9.17) is 21.7 Å². The molecule has 0 amide bonds. The largest absolute Gasteiger partial charge is 0.497 e. The Morgan fingerprint density at radius 3 is 2.59 bits per heavy atom. The summed E-state index contributed by atoms with van der Waals surface area (Å²) in [5.74, 6) is 0.374. The number of aromatic nitrogens is 3. The summed E-state index contributed by atoms with van der Waals surface area (Å²) >= 11 is 5.15. The van der Waals surface area contributed by atoms with Crippen molar-refractivity contribution >= 4 is 12.2 Å². The van der Waals surface area contributed by atoms with Crippen LogP contribution in [0.2, 0.25) is 0 Å². The standard InChI is InChI=1S/C17H21F3N4O2S/c1-22-15(17(18,19)20)21-24(16(22)27)10-23-8-4-5-13(23)12-7-6-11(25-2)9-14(12)26-3/h6-7,9,13H,4-5,8,10H2,1-3H3/t13-/m0/s1. The molecule has 0 spiro atoms. The Morgan fingerprint density at radius 1 is 1.26 bits per heavy atom. The molecule has 1 atom stereocenters. The second-order valence-corrected chi connectivity index (χ2v) is 6.75. The highest BCUT2D eigenvalue weighted by Gasteiger charge is 2.38. The molecule has 10 heteroatoms. The third-order valence-electron chi connectivity index (χ3n) is 4.77. The molecule has 0 saturated carbocycles. The number of rotatable bonds is 5. The second-order valence-electron chi connectivity index (χ2n) is 6.38. The molecule has 6 nitrogen and oxygen atoms in total. The number of likely N-dealkylation sites (tertiary alicyclic amines) is 1. The number of ether oxygens (including phenoxy) is 2. The summed E-state index contributed by atoms with van der Waals surface area (Å²) in [4.78, 5) is 2.06. The number of halogens is 3. The minimum atomic E-state index is -4.54. The number of benzene rings is 1. The van der Waals surface area contributed by atoms with Gasteiger partial charge in [-0.15, -0.1) is 5.10 Å². The molecule has 1 aliphatic heterocycles. The molecule has 148 valence electrons. The average molecular weight is 402 g/mol. The maximum absolute atomic E-state index is 13.1. The van der Waals surface area contributed by atoms with Crippen molar-refractivity contribution < 1.29 is 22.6 Å². The van der Waals surface area contributed by atoms with Crippen molar-refractivity contribution in [2.24, 2.45) is 7.05 Å². The first-order valence-corrected chi connectivity index (χ1v) is 8.84. The minimum absolute atomic E-state index is 0.00380. The molecule has 1 aromatic carbocycles. The molecule has 0 unspecified atom stereocenters. The predicted molar refractivity (Wildman–Crippen MR) is 95.3 cm³/mol. The van der Waals surface area contributed by atoms with Crippen molar-refractivity contribution in [3.05, 3.63) is 34.4 Å². The summed E-state index contributed by atoms with van der Waals surface area (Å²) in [6, 6.07) is 5.59. The van der Waals surface area contributed by atoms with Gasteiger partial charge in [-0.2, -0.15) is 13.2 Å². The molecular weight excluding hydrogens is 381 g/mol. The predicted octanol–water partition coefficient (Wildman–Crippen LogP) is 3.78. The van der Waals surface area contributed by atoms with Crippen molar-refractivity contribution in [3.63, 3.8) is 0 Å². The van der Waals surface area contributed by atoms with Crippen LogP contribution in [-0.2, 0) is 19.9 Å². The Kier molecular flexibility index (Phi) is 5.48. The van der Waals surface area contributed by atoms with Crippen LogP contribution < -0.4 is 9.47 Å². The van der Waals surface area contributed by atoms with E-state index >= 15 is 0 Å². The lowest BCUT2D eigenvalue weighted by atomic mass is 10.0. The van der Waals surface area contributed by atoms with E-state index in [0.29, 0.717) is 11.5 Å². The van der Waals surface area contributed by atoms with Crippen LogP contribution in [0, 0.1) is 4.77 Å². The Balaban J connectivity index is 1.90. The van der Waals surface area contributed by atoms with E-state index in [0.717, 1.165) is 29.5 Å². The van der Waals surface area contributed by atoms with Crippen LogP contribution in [0.15, 0.2) is 18.2 Å². The quantitative estimate of drug-likeness (QED) is 0.713. The van der Waals surface area contributed by atoms with Crippen LogP contribution >= 0.6 is 12.2 Å². The van der Waals surface area contributed by atoms with E-state index in [1.54, 1.807) is 20.3 Å². The summed E-state index contributed by atoms with van der Waals surface area (Å²) in [5.41, 5.74) is 0.967. The van der Waals surface area contributed by atoms with Gasteiger partial charge in [0.1, 0.15) is 11.5 Å². The molecule has 2 aromatic rings. The van der Waals surface area contributed by atoms with Crippen LogP contribution in [-0.4, -0.2) is 40.0 Å². The monoisotopic (exact) mass is 402 g/mol. The van der Waals surface area contributed by atoms with Crippen molar-refractivity contribution in [2.45, 2.75) is 31.7 Å². The highest BCUT2D eigenvalue weighted by molar-refractivity contribution is 7.71. The van der Waals surface area contributed by atoms with Crippen molar-refractivity contribution in [3.8, 4) is 11.5 Å². The van der Waals surface area contributed by atoms with Gasteiger partial charge in [0.05, 0.1) is 20.9 Å². The van der Waals surface area contributed by atoms with Gasteiger partial charge in [-0.1, -0.05) is 6.07 Å². The van der Waals surface area contributed by atoms with Crippen LogP contribution in [0.1, 0.15) is 30.3 Å². The molecule has 27 heavy (non-hydrogen) atoms. The number of hydrogen-bond acceptors (Lipinski definition) is 5. The normalized spacial score (nSPS) is 18.1. The van der Waals surface area contributed by atoms with E-state index in [2.05, 4.69) is 10.00 Å². The molecule has 0 radical (unpaired) electrons. The molecule has 2 heterocycles. The lowest BCUT2D eigenvalue weighted by Crippen LogP contribution is -2.27. The zero-order valence-electron chi connectivity index (χ0n) is 15.3. The fourth-order valence-electron chi connectivity index (χ4n) is 3.44. The van der Waals surface area contributed by atoms with Crippen molar-refractivity contribution in [2.75, 3.05) is 20.8 Å². The molecule has 1 aromatic heterocycles. The lowest BCUT2D eigenvalue weighted by Gasteiger charge is -2.26. The fourth-order valence-corrected chi connectivity index (χ4v) is 3.63. The fraction of sp³-hybridized carbons (Fsp3) is 0.529. The van der Waals surface area contributed by atoms with Gasteiger partial charge in [0.2, 0.25) is 5.82 Å². The second kappa shape index (κ2) is 7.51. The molecule has 1 aliphatic rings. The maximum atomic E-state index is 13.1. The number of hydrogen-bond donors (Lipinski definition) is 0. The summed E-state index contributed by atoms with van der Waals surface area (Å²) in [6.45, 7) is 0.919. The van der Waals surface area contributed by atoms with E-state index in [-0.39, 0.29) is 17.5 Å². The molecule has 3 rings (SSSR count). The molecule has 1 fully saturated rings. The first-order valence-electron chi connectivity index (χ1n) is 8.43. The minimum Gasteiger partial charge on any atom is -0.497 e. The Hall–Kier alpha value is -2.07. The Bertz CT molecular complexity index is 878. The van der Waals surface area contributed by atoms with Crippen LogP contribution in [0.25, 0.3) is 0 Å². The summed E-state index contributed by atoms with van der Waals surface area (Å²) in [7, 11) is 4.45. The van der Waals surface area contributed by atoms with Gasteiger partial charge in [-0.05, 0) is 31.1 Å². The van der Waals surface area contributed by atoms with E-state index in [1.165, 1.54) is 11.7 Å². The third-order valence-corrected chi connectivity index (χ3v) is 5.26. The van der Waals surface area contributed by atoms with Gasteiger partial charge in [0.25, 0.3) is 0 Å². The van der Waals surface area contributed by atoms with Gasteiger partial charge >= 0.3 is 6.18 Å². The van der Waals surface area contributed by atoms with Crippen molar-refractivity contribution in [1.29, 1.82) is 0 Å². The number of methoxy groups -OCH3 is 2. The van der Waals surface area contributed by atoms with Gasteiger partial charge in [0.15, 0.2) is 4.77 Å². The summed E-state index contributed by atoms with van der Waals surface area (Å²) < 4.78 is 52.1. The highest BCUT2D eigenvalue weighted by Crippen LogP contribution is 2.39. The molecule has 0 bridgehead atoms. The van der Waals surface area contributed by atoms with E-state index in [9.17, 15) is 13.2 Å². The SMILES string of the molecule is COc1ccc([C@@H]2CCCN2Cn2nc(C(F)(F)F)n(C)c2=S)c(OC)c1. The highest BCUT2D eigenvalue weighted by atomic mass is 32.1. The van der Waals surface area contributed by atoms with Crippen LogP contribution in [0.4, 0.5) is 13.2 Å². The number of alkyl halides is 3. The molecule has 0 aliphatic carbocycles. The van der Waals surface area contributed by atoms with E-state index < -0.39 is 12.0 Å². The zero-order valence-corrected chi connectivity index (χ0v) is 16.1. The van der Waals surface area contributed by atoms with E-state index in [1.807, 2.05) is 12.1 Å². The lowest BCUT2D eigenvalue weighted by molar-refractivity contribution is -0.147. The topological polar surface area (TPSA) is 44.5 Å². The average Bonchev–Trinajstić information content (AvgIpc) is 3.20. The Labute approximate surface area is 160 Å². The molecule has 0 N–H and O–H groups in total. The van der Waals surface area contributed by atoms with Crippen LogP contribution in [0.5, 0.6) is 11.5 Å². The molecule has 1 saturated heterocycles. The summed E-state index contributed by atoms with van der Waals surface area (Å²) in [5, 5.41) is 3.70. The number of nitrogens with zero attached hydrogens (tertiary/aromatic N) is 4. The zero-order chi connectivity index (χ0) is 19.8.